The van der Waals surface area contributed by atoms with E-state index in [9.17, 15) is 20.1 Å². The van der Waals surface area contributed by atoms with E-state index in [1.165, 1.54) is 4.90 Å². The molecule has 0 unspecified atom stereocenters. The van der Waals surface area contributed by atoms with E-state index in [0.717, 1.165) is 5.56 Å². The standard InChI is InChI=1S/C20H19N3O4/c1-11-5-6-15(26)14(9-11)17-16-18(22-21-17)20(27)23(7-8-24)19(16)12-3-2-4-13(25)10-12/h2-6,9-10,19,24-26H,7-8H2,1H3,(H,21,22)/t19-/m1/s1. The Morgan fingerprint density at radius 2 is 2.00 bits per heavy atom. The van der Waals surface area contributed by atoms with Crippen LogP contribution in [0.1, 0.15) is 33.2 Å². The van der Waals surface area contributed by atoms with Gasteiger partial charge in [-0.05, 0) is 36.8 Å². The first-order valence-corrected chi connectivity index (χ1v) is 8.60. The summed E-state index contributed by atoms with van der Waals surface area (Å²) in [6.45, 7) is 1.86. The number of benzene rings is 2. The van der Waals surface area contributed by atoms with Crippen LogP contribution in [0, 0.1) is 6.92 Å². The summed E-state index contributed by atoms with van der Waals surface area (Å²) < 4.78 is 0. The Morgan fingerprint density at radius 3 is 2.74 bits per heavy atom. The molecule has 0 saturated carbocycles. The molecule has 138 valence electrons. The van der Waals surface area contributed by atoms with Gasteiger partial charge < -0.3 is 20.2 Å². The molecule has 7 heteroatoms. The highest BCUT2D eigenvalue weighted by molar-refractivity contribution is 6.00. The molecule has 4 rings (SSSR count). The Kier molecular flexibility index (Phi) is 4.08. The van der Waals surface area contributed by atoms with Gasteiger partial charge in [0.15, 0.2) is 0 Å². The molecule has 0 saturated heterocycles. The molecule has 27 heavy (non-hydrogen) atoms. The van der Waals surface area contributed by atoms with Crippen molar-refractivity contribution in [2.24, 2.45) is 0 Å². The lowest BCUT2D eigenvalue weighted by Crippen LogP contribution is -2.32. The van der Waals surface area contributed by atoms with E-state index in [4.69, 9.17) is 0 Å². The first kappa shape index (κ1) is 17.1. The van der Waals surface area contributed by atoms with Crippen LogP contribution in [0.5, 0.6) is 11.5 Å². The normalized spacial score (nSPS) is 16.0. The number of aromatic amines is 1. The first-order chi connectivity index (χ1) is 13.0. The molecule has 1 atom stereocenters. The Bertz CT molecular complexity index is 1030. The number of phenolic OH excluding ortho intramolecular Hbond substituents is 2. The zero-order valence-electron chi connectivity index (χ0n) is 14.7. The van der Waals surface area contributed by atoms with Crippen molar-refractivity contribution < 1.29 is 20.1 Å². The third-order valence-electron chi connectivity index (χ3n) is 4.80. The Morgan fingerprint density at radius 1 is 1.19 bits per heavy atom. The Labute approximate surface area is 155 Å². The molecule has 2 heterocycles. The molecule has 3 aromatic rings. The maximum atomic E-state index is 12.9. The van der Waals surface area contributed by atoms with E-state index in [1.54, 1.807) is 30.3 Å². The number of β-amino-alcohol motifs (C(OH)–C–C–N with tert-alkyl or cyclic N) is 1. The van der Waals surface area contributed by atoms with Crippen LogP contribution >= 0.6 is 0 Å². The molecule has 1 amide bonds. The molecular weight excluding hydrogens is 346 g/mol. The van der Waals surface area contributed by atoms with Crippen LogP contribution in [0.2, 0.25) is 0 Å². The summed E-state index contributed by atoms with van der Waals surface area (Å²) in [5.74, 6) is -0.128. The summed E-state index contributed by atoms with van der Waals surface area (Å²) in [6, 6.07) is 11.3. The predicted molar refractivity (Wildman–Crippen MR) is 98.5 cm³/mol. The quantitative estimate of drug-likeness (QED) is 0.567. The molecule has 0 fully saturated rings. The average Bonchev–Trinajstić information content (AvgIpc) is 3.17. The van der Waals surface area contributed by atoms with Crippen molar-refractivity contribution in [3.8, 4) is 22.8 Å². The van der Waals surface area contributed by atoms with E-state index in [2.05, 4.69) is 10.2 Å². The minimum atomic E-state index is -0.527. The summed E-state index contributed by atoms with van der Waals surface area (Å²) in [5, 5.41) is 36.8. The van der Waals surface area contributed by atoms with Gasteiger partial charge in [-0.15, -0.1) is 0 Å². The lowest BCUT2D eigenvalue weighted by Gasteiger charge is -2.25. The number of aliphatic hydroxyl groups excluding tert-OH is 1. The third-order valence-corrected chi connectivity index (χ3v) is 4.80. The number of aromatic hydroxyl groups is 2. The smallest absolute Gasteiger partial charge is 0.273 e. The molecule has 0 aliphatic carbocycles. The Hall–Kier alpha value is -3.32. The summed E-state index contributed by atoms with van der Waals surface area (Å²) >= 11 is 0. The maximum absolute atomic E-state index is 12.9. The number of fused-ring (bicyclic) bond motifs is 1. The summed E-state index contributed by atoms with van der Waals surface area (Å²) in [5.41, 5.74) is 3.60. The van der Waals surface area contributed by atoms with Gasteiger partial charge in [0.1, 0.15) is 22.9 Å². The number of carbonyl (C=O) groups excluding carboxylic acids is 1. The lowest BCUT2D eigenvalue weighted by molar-refractivity contribution is 0.0706. The maximum Gasteiger partial charge on any atom is 0.273 e. The van der Waals surface area contributed by atoms with Crippen molar-refractivity contribution in [1.82, 2.24) is 15.1 Å². The minimum absolute atomic E-state index is 0.0672. The van der Waals surface area contributed by atoms with Crippen LogP contribution in [0.25, 0.3) is 11.3 Å². The molecule has 4 N–H and O–H groups in total. The highest BCUT2D eigenvalue weighted by atomic mass is 16.3. The van der Waals surface area contributed by atoms with Crippen molar-refractivity contribution in [1.29, 1.82) is 0 Å². The number of phenols is 2. The zero-order valence-corrected chi connectivity index (χ0v) is 14.7. The molecular formula is C20H19N3O4. The van der Waals surface area contributed by atoms with Gasteiger partial charge in [-0.3, -0.25) is 9.89 Å². The third kappa shape index (κ3) is 2.72. The fourth-order valence-corrected chi connectivity index (χ4v) is 3.62. The fourth-order valence-electron chi connectivity index (χ4n) is 3.62. The molecule has 0 bridgehead atoms. The minimum Gasteiger partial charge on any atom is -0.508 e. The van der Waals surface area contributed by atoms with Crippen LogP contribution in [0.3, 0.4) is 0 Å². The van der Waals surface area contributed by atoms with Crippen LogP contribution in [-0.4, -0.2) is 49.5 Å². The summed E-state index contributed by atoms with van der Waals surface area (Å²) in [6.07, 6.45) is 0. The van der Waals surface area contributed by atoms with Crippen LogP contribution < -0.4 is 0 Å². The molecule has 1 aliphatic heterocycles. The molecule has 0 radical (unpaired) electrons. The van der Waals surface area contributed by atoms with Crippen molar-refractivity contribution >= 4 is 5.91 Å². The van der Waals surface area contributed by atoms with Gasteiger partial charge in [0.25, 0.3) is 5.91 Å². The zero-order chi connectivity index (χ0) is 19.1. The van der Waals surface area contributed by atoms with E-state index < -0.39 is 6.04 Å². The second-order valence-electron chi connectivity index (χ2n) is 6.60. The number of hydrogen-bond acceptors (Lipinski definition) is 5. The topological polar surface area (TPSA) is 110 Å². The number of amides is 1. The lowest BCUT2D eigenvalue weighted by atomic mass is 9.95. The van der Waals surface area contributed by atoms with Gasteiger partial charge in [0, 0.05) is 17.7 Å². The Balaban J connectivity index is 1.94. The van der Waals surface area contributed by atoms with Crippen LogP contribution in [0.15, 0.2) is 42.5 Å². The number of rotatable bonds is 4. The first-order valence-electron chi connectivity index (χ1n) is 8.60. The molecule has 7 nitrogen and oxygen atoms in total. The van der Waals surface area contributed by atoms with Gasteiger partial charge in [-0.1, -0.05) is 23.8 Å². The van der Waals surface area contributed by atoms with Crippen molar-refractivity contribution in [3.05, 3.63) is 64.8 Å². The van der Waals surface area contributed by atoms with Crippen molar-refractivity contribution in [2.45, 2.75) is 13.0 Å². The molecule has 1 aromatic heterocycles. The number of hydrogen-bond donors (Lipinski definition) is 4. The average molecular weight is 365 g/mol. The predicted octanol–water partition coefficient (Wildman–Crippen LogP) is 2.33. The monoisotopic (exact) mass is 365 g/mol. The van der Waals surface area contributed by atoms with Gasteiger partial charge in [-0.2, -0.15) is 5.10 Å². The summed E-state index contributed by atoms with van der Waals surface area (Å²) in [4.78, 5) is 14.4. The van der Waals surface area contributed by atoms with E-state index in [-0.39, 0.29) is 30.6 Å². The van der Waals surface area contributed by atoms with Gasteiger partial charge in [0.2, 0.25) is 0 Å². The van der Waals surface area contributed by atoms with E-state index >= 15 is 0 Å². The highest BCUT2D eigenvalue weighted by Crippen LogP contribution is 2.44. The fraction of sp³-hybridized carbons (Fsp3) is 0.200. The van der Waals surface area contributed by atoms with E-state index in [0.29, 0.717) is 28.1 Å². The number of aromatic nitrogens is 2. The largest absolute Gasteiger partial charge is 0.508 e. The van der Waals surface area contributed by atoms with Gasteiger partial charge >= 0.3 is 0 Å². The second-order valence-corrected chi connectivity index (χ2v) is 6.60. The van der Waals surface area contributed by atoms with Crippen molar-refractivity contribution in [2.75, 3.05) is 13.2 Å². The summed E-state index contributed by atoms with van der Waals surface area (Å²) in [7, 11) is 0. The number of H-pyrrole nitrogens is 1. The highest BCUT2D eigenvalue weighted by Gasteiger charge is 2.42. The van der Waals surface area contributed by atoms with Gasteiger partial charge in [-0.25, -0.2) is 0 Å². The number of carbonyl (C=O) groups is 1. The second kappa shape index (κ2) is 6.44. The number of aryl methyl sites for hydroxylation is 1. The molecule has 2 aromatic carbocycles. The van der Waals surface area contributed by atoms with Crippen LogP contribution in [-0.2, 0) is 0 Å². The van der Waals surface area contributed by atoms with Gasteiger partial charge in [0.05, 0.1) is 12.6 Å². The number of aliphatic hydroxyl groups is 1. The number of nitrogens with one attached hydrogen (secondary N) is 1. The van der Waals surface area contributed by atoms with E-state index in [1.807, 2.05) is 19.1 Å². The van der Waals surface area contributed by atoms with Crippen molar-refractivity contribution in [3.63, 3.8) is 0 Å². The number of nitrogens with zero attached hydrogens (tertiary/aromatic N) is 2. The SMILES string of the molecule is Cc1ccc(O)c(-c2n[nH]c3c2[C@@H](c2cccc(O)c2)N(CCO)C3=O)c1. The molecule has 1 aliphatic rings. The van der Waals surface area contributed by atoms with Crippen LogP contribution in [0.4, 0.5) is 0 Å². The molecule has 0 spiro atoms.